The minimum Gasteiger partial charge on any atom is -0.385 e. The Morgan fingerprint density at radius 3 is 2.96 bits per heavy atom. The Balaban J connectivity index is 2.22. The van der Waals surface area contributed by atoms with Crippen molar-refractivity contribution in [3.05, 3.63) is 34.9 Å². The molecular weight excluding hydrogens is 328 g/mol. The maximum Gasteiger partial charge on any atom is 0.314 e. The third-order valence-corrected chi connectivity index (χ3v) is 5.12. The van der Waals surface area contributed by atoms with Crippen molar-refractivity contribution in [2.45, 2.75) is 37.7 Å². The number of hydrogen-bond acceptors (Lipinski definition) is 3. The highest BCUT2D eigenvalue weighted by Crippen LogP contribution is 2.40. The summed E-state index contributed by atoms with van der Waals surface area (Å²) in [6.07, 6.45) is 4.02. The summed E-state index contributed by atoms with van der Waals surface area (Å²) < 4.78 is 5.10. The maximum atomic E-state index is 11.6. The number of ether oxygens (including phenoxy) is 1. The largest absolute Gasteiger partial charge is 0.385 e. The molecule has 2 amide bonds. The number of halogens is 1. The van der Waals surface area contributed by atoms with Gasteiger partial charge in [-0.25, -0.2) is 4.79 Å². The zero-order valence-electron chi connectivity index (χ0n) is 14.2. The van der Waals surface area contributed by atoms with E-state index in [1.807, 2.05) is 18.2 Å². The molecule has 1 saturated heterocycles. The van der Waals surface area contributed by atoms with Gasteiger partial charge in [0.1, 0.15) is 0 Å². The first-order chi connectivity index (χ1) is 11.5. The highest BCUT2D eigenvalue weighted by molar-refractivity contribution is 6.30. The van der Waals surface area contributed by atoms with Gasteiger partial charge >= 0.3 is 6.03 Å². The van der Waals surface area contributed by atoms with Crippen LogP contribution in [0.15, 0.2) is 24.3 Å². The molecule has 0 aliphatic carbocycles. The molecule has 3 N–H and O–H groups in total. The van der Waals surface area contributed by atoms with Crippen LogP contribution in [0.1, 0.15) is 37.7 Å². The standard InChI is InChI=1S/C18H27ClN2O3/c1-24-11-3-2-9-18(23,14-6-4-8-16(19)12-14)15-7-5-10-21(13-15)17(20)22/h4,6,8,12,15,23H,2-3,5,7,9-11,13H2,1H3,(H2,20,22). The number of likely N-dealkylation sites (tertiary alicyclic amines) is 1. The predicted molar refractivity (Wildman–Crippen MR) is 95.0 cm³/mol. The average Bonchev–Trinajstić information content (AvgIpc) is 2.58. The smallest absolute Gasteiger partial charge is 0.314 e. The minimum absolute atomic E-state index is 0.0558. The Hall–Kier alpha value is -1.30. The lowest BCUT2D eigenvalue weighted by Gasteiger charge is -2.42. The summed E-state index contributed by atoms with van der Waals surface area (Å²) in [6.45, 7) is 1.80. The normalized spacial score (nSPS) is 20.6. The summed E-state index contributed by atoms with van der Waals surface area (Å²) in [6, 6.07) is 6.96. The van der Waals surface area contributed by atoms with Gasteiger partial charge in [-0.15, -0.1) is 0 Å². The van der Waals surface area contributed by atoms with Gasteiger partial charge in [0.05, 0.1) is 5.60 Å². The van der Waals surface area contributed by atoms with Gasteiger partial charge in [0.15, 0.2) is 0 Å². The summed E-state index contributed by atoms with van der Waals surface area (Å²) in [7, 11) is 1.68. The molecule has 0 spiro atoms. The third kappa shape index (κ3) is 4.62. The van der Waals surface area contributed by atoms with Gasteiger partial charge in [0.2, 0.25) is 0 Å². The van der Waals surface area contributed by atoms with Crippen LogP contribution in [0.25, 0.3) is 0 Å². The van der Waals surface area contributed by atoms with Gasteiger partial charge in [-0.2, -0.15) is 0 Å². The Labute approximate surface area is 148 Å². The molecule has 1 heterocycles. The molecule has 134 valence electrons. The van der Waals surface area contributed by atoms with Crippen molar-refractivity contribution in [3.63, 3.8) is 0 Å². The van der Waals surface area contributed by atoms with Crippen molar-refractivity contribution in [2.75, 3.05) is 26.8 Å². The van der Waals surface area contributed by atoms with Gasteiger partial charge in [-0.1, -0.05) is 23.7 Å². The van der Waals surface area contributed by atoms with Crippen LogP contribution in [0.3, 0.4) is 0 Å². The molecule has 6 heteroatoms. The second kappa shape index (κ2) is 8.70. The molecule has 5 nitrogen and oxygen atoms in total. The number of primary amides is 1. The zero-order valence-corrected chi connectivity index (χ0v) is 15.0. The van der Waals surface area contributed by atoms with E-state index in [9.17, 15) is 9.90 Å². The second-order valence-electron chi connectivity index (χ2n) is 6.51. The summed E-state index contributed by atoms with van der Waals surface area (Å²) in [5.74, 6) is -0.0558. The Kier molecular flexibility index (Phi) is 6.90. The number of urea groups is 1. The summed E-state index contributed by atoms with van der Waals surface area (Å²) in [5, 5.41) is 12.2. The van der Waals surface area contributed by atoms with Crippen LogP contribution in [0.2, 0.25) is 5.02 Å². The molecule has 0 saturated carbocycles. The van der Waals surface area contributed by atoms with Crippen molar-refractivity contribution in [3.8, 4) is 0 Å². The van der Waals surface area contributed by atoms with Crippen LogP contribution in [0, 0.1) is 5.92 Å². The number of nitrogens with zero attached hydrogens (tertiary/aromatic N) is 1. The van der Waals surface area contributed by atoms with Crippen LogP contribution < -0.4 is 5.73 Å². The van der Waals surface area contributed by atoms with Crippen LogP contribution in [0.4, 0.5) is 4.79 Å². The van der Waals surface area contributed by atoms with Crippen LogP contribution in [-0.4, -0.2) is 42.8 Å². The van der Waals surface area contributed by atoms with Gasteiger partial charge in [0.25, 0.3) is 0 Å². The SMILES string of the molecule is COCCCCC(O)(c1cccc(Cl)c1)C1CCCN(C(N)=O)C1. The number of rotatable bonds is 7. The third-order valence-electron chi connectivity index (χ3n) is 4.89. The van der Waals surface area contributed by atoms with Gasteiger partial charge < -0.3 is 20.5 Å². The number of aliphatic hydroxyl groups is 1. The second-order valence-corrected chi connectivity index (χ2v) is 6.94. The molecule has 1 aromatic carbocycles. The number of amides is 2. The lowest BCUT2D eigenvalue weighted by Crippen LogP contribution is -2.49. The lowest BCUT2D eigenvalue weighted by molar-refractivity contribution is -0.0559. The Morgan fingerprint density at radius 1 is 1.50 bits per heavy atom. The number of unbranched alkanes of at least 4 members (excludes halogenated alkanes) is 1. The maximum absolute atomic E-state index is 11.6. The quantitative estimate of drug-likeness (QED) is 0.738. The number of piperidine rings is 1. The Morgan fingerprint density at radius 2 is 2.29 bits per heavy atom. The van der Waals surface area contributed by atoms with Gasteiger partial charge in [0, 0.05) is 37.7 Å². The molecule has 24 heavy (non-hydrogen) atoms. The first-order valence-electron chi connectivity index (χ1n) is 8.49. The van der Waals surface area contributed by atoms with Gasteiger partial charge in [-0.3, -0.25) is 0 Å². The van der Waals surface area contributed by atoms with Crippen molar-refractivity contribution in [1.82, 2.24) is 4.90 Å². The van der Waals surface area contributed by atoms with Gasteiger partial charge in [-0.05, 0) is 49.8 Å². The summed E-state index contributed by atoms with van der Waals surface area (Å²) in [4.78, 5) is 13.2. The molecule has 1 aromatic rings. The monoisotopic (exact) mass is 354 g/mol. The highest BCUT2D eigenvalue weighted by atomic mass is 35.5. The number of carbonyl (C=O) groups is 1. The topological polar surface area (TPSA) is 75.8 Å². The minimum atomic E-state index is -1.02. The van der Waals surface area contributed by atoms with Crippen molar-refractivity contribution >= 4 is 17.6 Å². The predicted octanol–water partition coefficient (Wildman–Crippen LogP) is 3.14. The van der Waals surface area contributed by atoms with E-state index in [1.54, 1.807) is 18.1 Å². The van der Waals surface area contributed by atoms with Crippen LogP contribution >= 0.6 is 11.6 Å². The van der Waals surface area contributed by atoms with Crippen molar-refractivity contribution in [1.29, 1.82) is 0 Å². The number of benzene rings is 1. The molecule has 0 bridgehead atoms. The van der Waals surface area contributed by atoms with E-state index in [1.165, 1.54) is 0 Å². The molecule has 0 aromatic heterocycles. The van der Waals surface area contributed by atoms with Crippen LogP contribution in [-0.2, 0) is 10.3 Å². The fraction of sp³-hybridized carbons (Fsp3) is 0.611. The molecule has 2 rings (SSSR count). The first kappa shape index (κ1) is 19.0. The molecular formula is C18H27ClN2O3. The number of hydrogen-bond donors (Lipinski definition) is 2. The van der Waals surface area contributed by atoms with E-state index in [0.717, 1.165) is 31.2 Å². The molecule has 2 unspecified atom stereocenters. The van der Waals surface area contributed by atoms with E-state index >= 15 is 0 Å². The van der Waals surface area contributed by atoms with E-state index in [2.05, 4.69) is 0 Å². The zero-order chi connectivity index (χ0) is 17.6. The average molecular weight is 355 g/mol. The van der Waals surface area contributed by atoms with Crippen molar-refractivity contribution < 1.29 is 14.6 Å². The van der Waals surface area contributed by atoms with E-state index in [0.29, 0.717) is 31.1 Å². The molecule has 1 fully saturated rings. The highest BCUT2D eigenvalue weighted by Gasteiger charge is 2.40. The summed E-state index contributed by atoms with van der Waals surface area (Å²) >= 11 is 6.14. The van der Waals surface area contributed by atoms with Crippen molar-refractivity contribution in [2.24, 2.45) is 11.7 Å². The molecule has 0 radical (unpaired) electrons. The molecule has 1 aliphatic rings. The fourth-order valence-corrected chi connectivity index (χ4v) is 3.74. The van der Waals surface area contributed by atoms with E-state index in [4.69, 9.17) is 22.1 Å². The molecule has 2 atom stereocenters. The number of nitrogens with two attached hydrogens (primary N) is 1. The fourth-order valence-electron chi connectivity index (χ4n) is 3.55. The summed E-state index contributed by atoms with van der Waals surface area (Å²) in [5.41, 5.74) is 5.23. The number of carbonyl (C=O) groups excluding carboxylic acids is 1. The molecule has 1 aliphatic heterocycles. The van der Waals surface area contributed by atoms with E-state index < -0.39 is 11.6 Å². The lowest BCUT2D eigenvalue weighted by atomic mass is 9.74. The Bertz CT molecular complexity index is 555. The van der Waals surface area contributed by atoms with E-state index in [-0.39, 0.29) is 5.92 Å². The van der Waals surface area contributed by atoms with Crippen LogP contribution in [0.5, 0.6) is 0 Å². The first-order valence-corrected chi connectivity index (χ1v) is 8.87. The number of methoxy groups -OCH3 is 1.